The van der Waals surface area contributed by atoms with E-state index in [2.05, 4.69) is 5.32 Å². The lowest BCUT2D eigenvalue weighted by Gasteiger charge is -2.16. The molecular formula is C22H24FN3O4. The Morgan fingerprint density at radius 3 is 2.50 bits per heavy atom. The Bertz CT molecular complexity index is 1030. The summed E-state index contributed by atoms with van der Waals surface area (Å²) < 4.78 is 14.9. The molecule has 0 fully saturated rings. The second kappa shape index (κ2) is 9.46. The minimum Gasteiger partial charge on any atom is -0.396 e. The van der Waals surface area contributed by atoms with Crippen molar-refractivity contribution >= 4 is 23.2 Å². The fraction of sp³-hybridized carbons (Fsp3) is 0.364. The number of ketones is 2. The molecular weight excluding hydrogens is 389 g/mol. The number of aromatic nitrogens is 1. The Hall–Kier alpha value is -3.31. The summed E-state index contributed by atoms with van der Waals surface area (Å²) in [6.45, 7) is 5.15. The van der Waals surface area contributed by atoms with Crippen LogP contribution in [0.2, 0.25) is 0 Å². The van der Waals surface area contributed by atoms with Crippen LogP contribution in [0.3, 0.4) is 0 Å². The Kier molecular flexibility index (Phi) is 7.24. The van der Waals surface area contributed by atoms with E-state index in [9.17, 15) is 23.9 Å². The fourth-order valence-electron chi connectivity index (χ4n) is 3.02. The van der Waals surface area contributed by atoms with Crippen molar-refractivity contribution in [1.29, 1.82) is 5.26 Å². The standard InChI is InChI=1S/C22H24FN3O4/c1-12(2)15(11-27)8-20(28)21(29)17-9-19(26(4)13(17)3)22(30)25-16-5-6-18(23)14(7-16)10-24/h5-7,9,12,15,27H,8,11H2,1-4H3,(H,25,30)/t15-/m1/s1. The number of carbonyl (C=O) groups is 3. The molecule has 0 spiro atoms. The van der Waals surface area contributed by atoms with Gasteiger partial charge in [0.05, 0.1) is 5.56 Å². The molecule has 7 nitrogen and oxygen atoms in total. The zero-order valence-electron chi connectivity index (χ0n) is 17.3. The van der Waals surface area contributed by atoms with Gasteiger partial charge in [0.2, 0.25) is 11.6 Å². The number of rotatable bonds is 8. The Balaban J connectivity index is 2.25. The number of Topliss-reactive ketones (excluding diaryl/α,β-unsaturated/α-hetero) is 2. The quantitative estimate of drug-likeness (QED) is 0.510. The van der Waals surface area contributed by atoms with Crippen LogP contribution >= 0.6 is 0 Å². The number of amides is 1. The van der Waals surface area contributed by atoms with E-state index in [0.29, 0.717) is 5.69 Å². The van der Waals surface area contributed by atoms with Crippen LogP contribution in [0, 0.1) is 35.9 Å². The minimum absolute atomic E-state index is 0.0407. The maximum atomic E-state index is 13.5. The molecule has 0 aliphatic carbocycles. The molecule has 0 saturated heterocycles. The highest BCUT2D eigenvalue weighted by Gasteiger charge is 2.27. The first-order valence-corrected chi connectivity index (χ1v) is 9.46. The van der Waals surface area contributed by atoms with Gasteiger partial charge in [-0.25, -0.2) is 4.39 Å². The summed E-state index contributed by atoms with van der Waals surface area (Å²) in [5.41, 5.74) is 0.712. The van der Waals surface area contributed by atoms with Gasteiger partial charge in [0.25, 0.3) is 5.91 Å². The second-order valence-electron chi connectivity index (χ2n) is 7.49. The number of halogens is 1. The molecule has 0 aliphatic heterocycles. The molecule has 0 unspecified atom stereocenters. The third-order valence-corrected chi connectivity index (χ3v) is 5.24. The van der Waals surface area contributed by atoms with Crippen LogP contribution in [0.1, 0.15) is 52.4 Å². The second-order valence-corrected chi connectivity index (χ2v) is 7.49. The minimum atomic E-state index is -0.713. The van der Waals surface area contributed by atoms with E-state index >= 15 is 0 Å². The zero-order chi connectivity index (χ0) is 22.6. The SMILES string of the molecule is Cc1c(C(=O)C(=O)C[C@H](CO)C(C)C)cc(C(=O)Nc2ccc(F)c(C#N)c2)n1C. The molecule has 0 saturated carbocycles. The van der Waals surface area contributed by atoms with Gasteiger partial charge in [0.1, 0.15) is 17.6 Å². The highest BCUT2D eigenvalue weighted by molar-refractivity contribution is 6.44. The molecule has 1 atom stereocenters. The van der Waals surface area contributed by atoms with Gasteiger partial charge in [-0.3, -0.25) is 14.4 Å². The molecule has 2 N–H and O–H groups in total. The number of aliphatic hydroxyl groups is 1. The summed E-state index contributed by atoms with van der Waals surface area (Å²) in [5, 5.41) is 20.9. The van der Waals surface area contributed by atoms with Gasteiger partial charge >= 0.3 is 0 Å². The van der Waals surface area contributed by atoms with Crippen LogP contribution in [0.15, 0.2) is 24.3 Å². The van der Waals surface area contributed by atoms with Crippen LogP contribution in [0.25, 0.3) is 0 Å². The molecule has 2 aromatic rings. The number of aliphatic hydroxyl groups excluding tert-OH is 1. The lowest BCUT2D eigenvalue weighted by atomic mass is 9.89. The average molecular weight is 413 g/mol. The summed E-state index contributed by atoms with van der Waals surface area (Å²) in [7, 11) is 1.58. The largest absolute Gasteiger partial charge is 0.396 e. The predicted octanol–water partition coefficient (Wildman–Crippen LogP) is 3.00. The normalized spacial score (nSPS) is 11.8. The van der Waals surface area contributed by atoms with Crippen LogP contribution in [-0.2, 0) is 11.8 Å². The molecule has 1 heterocycles. The predicted molar refractivity (Wildman–Crippen MR) is 109 cm³/mol. The topological polar surface area (TPSA) is 112 Å². The van der Waals surface area contributed by atoms with Gasteiger partial charge < -0.3 is 15.0 Å². The van der Waals surface area contributed by atoms with E-state index in [0.717, 1.165) is 6.07 Å². The van der Waals surface area contributed by atoms with Crippen molar-refractivity contribution in [1.82, 2.24) is 4.57 Å². The Morgan fingerprint density at radius 2 is 1.93 bits per heavy atom. The number of nitrogens with zero attached hydrogens (tertiary/aromatic N) is 2. The molecule has 1 aromatic heterocycles. The Labute approximate surface area is 174 Å². The lowest BCUT2D eigenvalue weighted by molar-refractivity contribution is -0.116. The highest BCUT2D eigenvalue weighted by atomic mass is 19.1. The highest BCUT2D eigenvalue weighted by Crippen LogP contribution is 2.21. The van der Waals surface area contributed by atoms with E-state index in [1.54, 1.807) is 20.0 Å². The van der Waals surface area contributed by atoms with Crippen molar-refractivity contribution < 1.29 is 23.9 Å². The number of nitriles is 1. The third kappa shape index (κ3) is 4.81. The Morgan fingerprint density at radius 1 is 1.27 bits per heavy atom. The number of hydrogen-bond donors (Lipinski definition) is 2. The summed E-state index contributed by atoms with van der Waals surface area (Å²) >= 11 is 0. The smallest absolute Gasteiger partial charge is 0.272 e. The van der Waals surface area contributed by atoms with Gasteiger partial charge in [-0.15, -0.1) is 0 Å². The van der Waals surface area contributed by atoms with Crippen molar-refractivity contribution in [2.24, 2.45) is 18.9 Å². The molecule has 0 aliphatic rings. The molecule has 1 aromatic carbocycles. The van der Waals surface area contributed by atoms with Gasteiger partial charge in [-0.1, -0.05) is 13.8 Å². The van der Waals surface area contributed by atoms with Crippen molar-refractivity contribution in [3.05, 3.63) is 52.6 Å². The molecule has 0 bridgehead atoms. The number of nitrogens with one attached hydrogen (secondary N) is 1. The zero-order valence-corrected chi connectivity index (χ0v) is 17.3. The van der Waals surface area contributed by atoms with Crippen molar-refractivity contribution in [2.75, 3.05) is 11.9 Å². The van der Waals surface area contributed by atoms with Crippen molar-refractivity contribution in [3.63, 3.8) is 0 Å². The summed E-state index contributed by atoms with van der Waals surface area (Å²) in [5.74, 6) is -2.88. The van der Waals surface area contributed by atoms with Crippen molar-refractivity contribution in [3.8, 4) is 6.07 Å². The lowest BCUT2D eigenvalue weighted by Crippen LogP contribution is -2.23. The molecule has 8 heteroatoms. The summed E-state index contributed by atoms with van der Waals surface area (Å²) in [6, 6.07) is 6.64. The first-order valence-electron chi connectivity index (χ1n) is 9.46. The van der Waals surface area contributed by atoms with Crippen LogP contribution in [-0.4, -0.2) is 33.8 Å². The number of anilines is 1. The molecule has 30 heavy (non-hydrogen) atoms. The van der Waals surface area contributed by atoms with E-state index in [1.807, 2.05) is 13.8 Å². The molecule has 2 rings (SSSR count). The number of hydrogen-bond acceptors (Lipinski definition) is 5. The first-order chi connectivity index (χ1) is 14.1. The van der Waals surface area contributed by atoms with E-state index < -0.39 is 23.3 Å². The van der Waals surface area contributed by atoms with E-state index in [-0.39, 0.29) is 47.4 Å². The van der Waals surface area contributed by atoms with Gasteiger partial charge in [0.15, 0.2) is 0 Å². The molecule has 0 radical (unpaired) electrons. The summed E-state index contributed by atoms with van der Waals surface area (Å²) in [4.78, 5) is 37.7. The number of benzene rings is 1. The molecule has 158 valence electrons. The van der Waals surface area contributed by atoms with Gasteiger partial charge in [-0.2, -0.15) is 5.26 Å². The van der Waals surface area contributed by atoms with E-state index in [1.165, 1.54) is 22.8 Å². The van der Waals surface area contributed by atoms with Crippen LogP contribution < -0.4 is 5.32 Å². The van der Waals surface area contributed by atoms with Gasteiger partial charge in [0, 0.05) is 37.0 Å². The fourth-order valence-corrected chi connectivity index (χ4v) is 3.02. The average Bonchev–Trinajstić information content (AvgIpc) is 3.01. The van der Waals surface area contributed by atoms with Crippen molar-refractivity contribution in [2.45, 2.75) is 27.2 Å². The van der Waals surface area contributed by atoms with E-state index in [4.69, 9.17) is 5.26 Å². The van der Waals surface area contributed by atoms with Crippen LogP contribution in [0.4, 0.5) is 10.1 Å². The monoisotopic (exact) mass is 413 g/mol. The first kappa shape index (κ1) is 23.0. The summed E-state index contributed by atoms with van der Waals surface area (Å²) in [6.07, 6.45) is -0.0740. The van der Waals surface area contributed by atoms with Crippen LogP contribution in [0.5, 0.6) is 0 Å². The molecule has 1 amide bonds. The third-order valence-electron chi connectivity index (χ3n) is 5.24. The maximum absolute atomic E-state index is 13.5. The van der Waals surface area contributed by atoms with Gasteiger partial charge in [-0.05, 0) is 43.0 Å². The maximum Gasteiger partial charge on any atom is 0.272 e. The number of carbonyl (C=O) groups excluding carboxylic acids is 3.